The van der Waals surface area contributed by atoms with Gasteiger partial charge in [-0.1, -0.05) is 165 Å². The summed E-state index contributed by atoms with van der Waals surface area (Å²) in [6.45, 7) is 4.35. The van der Waals surface area contributed by atoms with Crippen LogP contribution >= 0.6 is 0 Å². The number of benzene rings is 7. The van der Waals surface area contributed by atoms with Crippen LogP contribution in [-0.4, -0.2) is 24.5 Å². The summed E-state index contributed by atoms with van der Waals surface area (Å²) in [4.78, 5) is 20.5. The van der Waals surface area contributed by atoms with Crippen LogP contribution in [0.4, 0.5) is 0 Å². The predicted molar refractivity (Wildman–Crippen MR) is 257 cm³/mol. The Kier molecular flexibility index (Phi) is 9.54. The van der Waals surface area contributed by atoms with Crippen molar-refractivity contribution < 1.29 is 4.42 Å². The molecule has 0 amide bonds. The maximum Gasteiger partial charge on any atom is 0.163 e. The fraction of sp³-hybridized carbons (Fsp3) is 0.0877. The number of furan rings is 1. The highest BCUT2D eigenvalue weighted by Crippen LogP contribution is 2.39. The first-order chi connectivity index (χ1) is 31.0. The maximum absolute atomic E-state index is 6.30. The summed E-state index contributed by atoms with van der Waals surface area (Å²) >= 11 is 0. The van der Waals surface area contributed by atoms with Crippen LogP contribution in [-0.2, 0) is 11.8 Å². The second-order valence-corrected chi connectivity index (χ2v) is 16.3. The lowest BCUT2D eigenvalue weighted by Crippen LogP contribution is -2.24. The van der Waals surface area contributed by atoms with E-state index in [2.05, 4.69) is 194 Å². The first-order valence-electron chi connectivity index (χ1n) is 21.6. The molecule has 1 atom stereocenters. The topological polar surface area (TPSA) is 69.6 Å². The van der Waals surface area contributed by atoms with Gasteiger partial charge in [-0.15, -0.1) is 0 Å². The van der Waals surface area contributed by atoms with Gasteiger partial charge in [-0.2, -0.15) is 0 Å². The zero-order chi connectivity index (χ0) is 42.3. The Morgan fingerprint density at radius 2 is 1.14 bits per heavy atom. The van der Waals surface area contributed by atoms with E-state index in [4.69, 9.17) is 24.4 Å². The Labute approximate surface area is 366 Å². The minimum absolute atomic E-state index is 0.395. The molecule has 6 nitrogen and oxygen atoms in total. The summed E-state index contributed by atoms with van der Waals surface area (Å²) in [6, 6.07) is 61.7. The molecule has 0 aliphatic heterocycles. The molecule has 6 heteroatoms. The van der Waals surface area contributed by atoms with E-state index in [1.807, 2.05) is 24.3 Å². The van der Waals surface area contributed by atoms with Gasteiger partial charge >= 0.3 is 0 Å². The normalized spacial score (nSPS) is 14.8. The number of hydrogen-bond acceptors (Lipinski definition) is 5. The monoisotopic (exact) mass is 813 g/mol. The second-order valence-electron chi connectivity index (χ2n) is 16.3. The van der Waals surface area contributed by atoms with Crippen LogP contribution in [0.5, 0.6) is 0 Å². The Morgan fingerprint density at radius 1 is 0.556 bits per heavy atom. The molecule has 3 heterocycles. The summed E-state index contributed by atoms with van der Waals surface area (Å²) in [5, 5.41) is 2.16. The van der Waals surface area contributed by atoms with Gasteiger partial charge in [0.15, 0.2) is 11.6 Å². The highest BCUT2D eigenvalue weighted by atomic mass is 16.3. The van der Waals surface area contributed by atoms with E-state index in [9.17, 15) is 0 Å². The molecule has 0 saturated carbocycles. The molecule has 0 bridgehead atoms. The molecule has 63 heavy (non-hydrogen) atoms. The van der Waals surface area contributed by atoms with E-state index in [1.54, 1.807) is 0 Å². The third kappa shape index (κ3) is 6.96. The van der Waals surface area contributed by atoms with Crippen molar-refractivity contribution in [3.05, 3.63) is 234 Å². The average Bonchev–Trinajstić information content (AvgIpc) is 3.92. The number of allylic oxidation sites excluding steroid dienone is 4. The van der Waals surface area contributed by atoms with E-state index >= 15 is 0 Å². The summed E-state index contributed by atoms with van der Waals surface area (Å²) < 4.78 is 8.58. The molecule has 11 rings (SSSR count). The van der Waals surface area contributed by atoms with Crippen molar-refractivity contribution in [2.75, 3.05) is 0 Å². The molecule has 302 valence electrons. The standard InChI is InChI=1S/C57H43N5O/c1-3-51-58-47-22-12-13-23-48(47)62(51)44-32-29-41(30-33-44)53(52(38-17-7-4-8-18-38)39-19-9-5-10-20-39)40-25-27-42(28-26-40)54-59-55(61-56(60-54)57(2)35-15-6-16-36-57)43-31-34-46-45-21-11-14-24-49(45)63-50(46)37-43/h4-35,37H,3,36H2,1-2H3. The quantitative estimate of drug-likeness (QED) is 0.136. The van der Waals surface area contributed by atoms with E-state index in [-0.39, 0.29) is 0 Å². The second kappa shape index (κ2) is 15.8. The summed E-state index contributed by atoms with van der Waals surface area (Å²) in [5.41, 5.74) is 13.0. The third-order valence-electron chi connectivity index (χ3n) is 12.2. The van der Waals surface area contributed by atoms with Crippen LogP contribution in [0, 0.1) is 0 Å². The number of hydrogen-bond donors (Lipinski definition) is 0. The lowest BCUT2D eigenvalue weighted by Gasteiger charge is -2.25. The van der Waals surface area contributed by atoms with E-state index < -0.39 is 5.41 Å². The minimum atomic E-state index is -0.395. The average molecular weight is 814 g/mol. The smallest absolute Gasteiger partial charge is 0.163 e. The van der Waals surface area contributed by atoms with Crippen molar-refractivity contribution >= 4 is 44.1 Å². The number of nitrogens with zero attached hydrogens (tertiary/aromatic N) is 5. The van der Waals surface area contributed by atoms with Crippen LogP contribution in [0.25, 0.3) is 72.6 Å². The fourth-order valence-electron chi connectivity index (χ4n) is 8.93. The fourth-order valence-corrected chi connectivity index (χ4v) is 8.93. The molecule has 10 aromatic rings. The van der Waals surface area contributed by atoms with Gasteiger partial charge in [0, 0.05) is 39.4 Å². The molecule has 7 aromatic carbocycles. The number of aromatic nitrogens is 5. The number of aryl methyl sites for hydroxylation is 1. The Hall–Kier alpha value is -7.96. The van der Waals surface area contributed by atoms with E-state index in [0.29, 0.717) is 11.6 Å². The van der Waals surface area contributed by atoms with Gasteiger partial charge in [0.05, 0.1) is 11.0 Å². The predicted octanol–water partition coefficient (Wildman–Crippen LogP) is 13.8. The van der Waals surface area contributed by atoms with E-state index in [1.165, 1.54) is 0 Å². The first kappa shape index (κ1) is 38.0. The summed E-state index contributed by atoms with van der Waals surface area (Å²) in [7, 11) is 0. The number of imidazole rings is 1. The molecular formula is C57H43N5O. The van der Waals surface area contributed by atoms with Gasteiger partial charge in [-0.05, 0) is 89.2 Å². The molecule has 0 fully saturated rings. The van der Waals surface area contributed by atoms with E-state index in [0.717, 1.165) is 108 Å². The van der Waals surface area contributed by atoms with Crippen LogP contribution in [0.2, 0.25) is 0 Å². The van der Waals surface area contributed by atoms with Crippen molar-refractivity contribution in [3.8, 4) is 28.5 Å². The number of rotatable bonds is 9. The highest BCUT2D eigenvalue weighted by molar-refractivity contribution is 6.06. The molecule has 0 spiro atoms. The molecule has 3 aromatic heterocycles. The van der Waals surface area contributed by atoms with Gasteiger partial charge in [-0.3, -0.25) is 4.57 Å². The molecule has 0 N–H and O–H groups in total. The highest BCUT2D eigenvalue weighted by Gasteiger charge is 2.29. The third-order valence-corrected chi connectivity index (χ3v) is 12.2. The molecular weight excluding hydrogens is 771 g/mol. The van der Waals surface area contributed by atoms with Crippen molar-refractivity contribution in [1.29, 1.82) is 0 Å². The van der Waals surface area contributed by atoms with Crippen LogP contribution in [0.15, 0.2) is 205 Å². The van der Waals surface area contributed by atoms with Crippen molar-refractivity contribution in [1.82, 2.24) is 24.5 Å². The van der Waals surface area contributed by atoms with Crippen molar-refractivity contribution in [2.24, 2.45) is 0 Å². The van der Waals surface area contributed by atoms with Gasteiger partial charge in [-0.25, -0.2) is 19.9 Å². The number of fused-ring (bicyclic) bond motifs is 4. The molecule has 1 unspecified atom stereocenters. The van der Waals surface area contributed by atoms with Crippen LogP contribution in [0.1, 0.15) is 54.2 Å². The zero-order valence-electron chi connectivity index (χ0n) is 35.1. The molecule has 1 aliphatic rings. The van der Waals surface area contributed by atoms with Gasteiger partial charge in [0.1, 0.15) is 22.8 Å². The SMILES string of the molecule is CCc1nc2ccccc2n1-c1ccc(C(=C(c2ccccc2)c2ccccc2)c2ccc(-c3nc(-c4ccc5c(c4)oc4ccccc45)nc(C4(C)C=CC=CC4)n3)cc2)cc1. The molecule has 1 aliphatic carbocycles. The minimum Gasteiger partial charge on any atom is -0.456 e. The molecule has 0 radical (unpaired) electrons. The Morgan fingerprint density at radius 3 is 1.83 bits per heavy atom. The van der Waals surface area contributed by atoms with Crippen molar-refractivity contribution in [3.63, 3.8) is 0 Å². The summed E-state index contributed by atoms with van der Waals surface area (Å²) in [6.07, 6.45) is 10.2. The van der Waals surface area contributed by atoms with Gasteiger partial charge < -0.3 is 4.42 Å². The summed E-state index contributed by atoms with van der Waals surface area (Å²) in [5.74, 6) is 2.99. The lowest BCUT2D eigenvalue weighted by atomic mass is 9.83. The van der Waals surface area contributed by atoms with Crippen LogP contribution < -0.4 is 0 Å². The molecule has 0 saturated heterocycles. The largest absolute Gasteiger partial charge is 0.456 e. The lowest BCUT2D eigenvalue weighted by molar-refractivity contribution is 0.554. The first-order valence-corrected chi connectivity index (χ1v) is 21.6. The van der Waals surface area contributed by atoms with Crippen molar-refractivity contribution in [2.45, 2.75) is 32.1 Å². The van der Waals surface area contributed by atoms with Gasteiger partial charge in [0.25, 0.3) is 0 Å². The van der Waals surface area contributed by atoms with Gasteiger partial charge in [0.2, 0.25) is 0 Å². The maximum atomic E-state index is 6.30. The number of para-hydroxylation sites is 3. The Bertz CT molecular complexity index is 3350. The zero-order valence-corrected chi connectivity index (χ0v) is 35.1. The van der Waals surface area contributed by atoms with Crippen LogP contribution in [0.3, 0.4) is 0 Å². The Balaban J connectivity index is 1.06.